The molecule has 0 fully saturated rings. The Hall–Kier alpha value is -1.65. The summed E-state index contributed by atoms with van der Waals surface area (Å²) in [7, 11) is 0. The standard InChI is InChI=1S/C12H19N3O2/c1-3-4-5-6-7-13-12-8-10(2)11(9-14-12)15(16)17/h8-9H,3-7H2,1-2H3,(H,13,14). The molecule has 0 atom stereocenters. The van der Waals surface area contributed by atoms with Crippen LogP contribution < -0.4 is 5.32 Å². The van der Waals surface area contributed by atoms with Crippen LogP contribution in [0.15, 0.2) is 12.3 Å². The first-order chi connectivity index (χ1) is 8.15. The Morgan fingerprint density at radius 1 is 1.41 bits per heavy atom. The van der Waals surface area contributed by atoms with Crippen LogP contribution in [0.25, 0.3) is 0 Å². The fraction of sp³-hybridized carbons (Fsp3) is 0.583. The third kappa shape index (κ3) is 4.38. The van der Waals surface area contributed by atoms with Gasteiger partial charge in [0.2, 0.25) is 0 Å². The summed E-state index contributed by atoms with van der Waals surface area (Å²) in [5.74, 6) is 0.713. The van der Waals surface area contributed by atoms with Crippen molar-refractivity contribution in [2.24, 2.45) is 0 Å². The van der Waals surface area contributed by atoms with E-state index in [0.717, 1.165) is 13.0 Å². The molecule has 0 bridgehead atoms. The minimum absolute atomic E-state index is 0.0709. The molecule has 17 heavy (non-hydrogen) atoms. The van der Waals surface area contributed by atoms with Crippen molar-refractivity contribution in [3.05, 3.63) is 27.9 Å². The lowest BCUT2D eigenvalue weighted by atomic mass is 10.2. The summed E-state index contributed by atoms with van der Waals surface area (Å²) >= 11 is 0. The minimum atomic E-state index is -0.409. The van der Waals surface area contributed by atoms with Crippen LogP contribution in [0.2, 0.25) is 0 Å². The molecule has 0 amide bonds. The molecule has 5 nitrogen and oxygen atoms in total. The van der Waals surface area contributed by atoms with Crippen LogP contribution in [0.1, 0.15) is 38.2 Å². The number of hydrogen-bond acceptors (Lipinski definition) is 4. The molecule has 0 aliphatic rings. The predicted octanol–water partition coefficient (Wildman–Crippen LogP) is 3.29. The zero-order chi connectivity index (χ0) is 12.7. The van der Waals surface area contributed by atoms with E-state index in [-0.39, 0.29) is 5.69 Å². The Balaban J connectivity index is 2.45. The van der Waals surface area contributed by atoms with E-state index in [1.165, 1.54) is 25.5 Å². The molecule has 0 aromatic carbocycles. The molecular weight excluding hydrogens is 218 g/mol. The fourth-order valence-electron chi connectivity index (χ4n) is 1.60. The molecule has 94 valence electrons. The van der Waals surface area contributed by atoms with Crippen molar-refractivity contribution in [2.75, 3.05) is 11.9 Å². The summed E-state index contributed by atoms with van der Waals surface area (Å²) in [4.78, 5) is 14.2. The molecular formula is C12H19N3O2. The first kappa shape index (κ1) is 13.4. The number of nitro groups is 1. The third-order valence-electron chi connectivity index (χ3n) is 2.62. The van der Waals surface area contributed by atoms with Crippen molar-refractivity contribution in [3.63, 3.8) is 0 Å². The van der Waals surface area contributed by atoms with Gasteiger partial charge in [-0.05, 0) is 19.4 Å². The normalized spacial score (nSPS) is 10.2. The van der Waals surface area contributed by atoms with Gasteiger partial charge in [-0.3, -0.25) is 10.1 Å². The van der Waals surface area contributed by atoms with Gasteiger partial charge in [0, 0.05) is 12.1 Å². The second-order valence-electron chi connectivity index (χ2n) is 4.10. The zero-order valence-corrected chi connectivity index (χ0v) is 10.4. The van der Waals surface area contributed by atoms with E-state index >= 15 is 0 Å². The van der Waals surface area contributed by atoms with Gasteiger partial charge in [-0.15, -0.1) is 0 Å². The van der Waals surface area contributed by atoms with Crippen molar-refractivity contribution in [3.8, 4) is 0 Å². The van der Waals surface area contributed by atoms with E-state index in [1.54, 1.807) is 13.0 Å². The topological polar surface area (TPSA) is 68.1 Å². The highest BCUT2D eigenvalue weighted by Crippen LogP contribution is 2.18. The van der Waals surface area contributed by atoms with Crippen molar-refractivity contribution in [1.82, 2.24) is 4.98 Å². The Labute approximate surface area is 101 Å². The highest BCUT2D eigenvalue weighted by Gasteiger charge is 2.10. The van der Waals surface area contributed by atoms with Gasteiger partial charge in [-0.2, -0.15) is 0 Å². The monoisotopic (exact) mass is 237 g/mol. The lowest BCUT2D eigenvalue weighted by molar-refractivity contribution is -0.385. The first-order valence-corrected chi connectivity index (χ1v) is 6.00. The summed E-state index contributed by atoms with van der Waals surface area (Å²) < 4.78 is 0. The van der Waals surface area contributed by atoms with Crippen LogP contribution >= 0.6 is 0 Å². The molecule has 1 N–H and O–H groups in total. The molecule has 1 rings (SSSR count). The van der Waals surface area contributed by atoms with Gasteiger partial charge >= 0.3 is 0 Å². The van der Waals surface area contributed by atoms with Gasteiger partial charge in [0.1, 0.15) is 12.0 Å². The number of nitrogens with one attached hydrogen (secondary N) is 1. The SMILES string of the molecule is CCCCCCNc1cc(C)c([N+](=O)[O-])cn1. The Bertz CT molecular complexity index is 380. The lowest BCUT2D eigenvalue weighted by Crippen LogP contribution is -2.04. The smallest absolute Gasteiger partial charge is 0.290 e. The number of rotatable bonds is 7. The number of anilines is 1. The van der Waals surface area contributed by atoms with E-state index in [4.69, 9.17) is 0 Å². The number of aryl methyl sites for hydroxylation is 1. The van der Waals surface area contributed by atoms with Gasteiger partial charge in [0.15, 0.2) is 0 Å². The number of unbranched alkanes of at least 4 members (excludes halogenated alkanes) is 3. The van der Waals surface area contributed by atoms with Crippen LogP contribution in [-0.4, -0.2) is 16.5 Å². The third-order valence-corrected chi connectivity index (χ3v) is 2.62. The number of nitrogens with zero attached hydrogens (tertiary/aromatic N) is 2. The van der Waals surface area contributed by atoms with Crippen LogP contribution in [0.5, 0.6) is 0 Å². The molecule has 0 aliphatic heterocycles. The second-order valence-corrected chi connectivity index (χ2v) is 4.10. The van der Waals surface area contributed by atoms with Crippen LogP contribution in [0.3, 0.4) is 0 Å². The van der Waals surface area contributed by atoms with E-state index in [1.807, 2.05) is 0 Å². The van der Waals surface area contributed by atoms with E-state index < -0.39 is 4.92 Å². The maximum absolute atomic E-state index is 10.6. The Kier molecular flexibility index (Phi) is 5.39. The van der Waals surface area contributed by atoms with Crippen LogP contribution in [0, 0.1) is 17.0 Å². The van der Waals surface area contributed by atoms with Gasteiger partial charge in [0.25, 0.3) is 5.69 Å². The van der Waals surface area contributed by atoms with Crippen molar-refractivity contribution < 1.29 is 4.92 Å². The molecule has 0 saturated heterocycles. The van der Waals surface area contributed by atoms with Crippen LogP contribution in [0.4, 0.5) is 11.5 Å². The van der Waals surface area contributed by atoms with E-state index in [2.05, 4.69) is 17.2 Å². The lowest BCUT2D eigenvalue weighted by Gasteiger charge is -2.06. The quantitative estimate of drug-likeness (QED) is 0.449. The average Bonchev–Trinajstić information content (AvgIpc) is 2.28. The summed E-state index contributed by atoms with van der Waals surface area (Å²) in [6, 6.07) is 1.72. The van der Waals surface area contributed by atoms with Crippen molar-refractivity contribution in [2.45, 2.75) is 39.5 Å². The summed E-state index contributed by atoms with van der Waals surface area (Å²) in [6.07, 6.45) is 6.08. The molecule has 1 aromatic heterocycles. The maximum Gasteiger partial charge on any atom is 0.290 e. The predicted molar refractivity (Wildman–Crippen MR) is 68.3 cm³/mol. The first-order valence-electron chi connectivity index (χ1n) is 6.00. The van der Waals surface area contributed by atoms with E-state index in [0.29, 0.717) is 11.4 Å². The molecule has 1 heterocycles. The highest BCUT2D eigenvalue weighted by molar-refractivity contribution is 5.46. The van der Waals surface area contributed by atoms with Gasteiger partial charge in [-0.1, -0.05) is 26.2 Å². The fourth-order valence-corrected chi connectivity index (χ4v) is 1.60. The largest absolute Gasteiger partial charge is 0.370 e. The van der Waals surface area contributed by atoms with E-state index in [9.17, 15) is 10.1 Å². The highest BCUT2D eigenvalue weighted by atomic mass is 16.6. The number of pyridine rings is 1. The van der Waals surface area contributed by atoms with Crippen LogP contribution in [-0.2, 0) is 0 Å². The number of hydrogen-bond donors (Lipinski definition) is 1. The second kappa shape index (κ2) is 6.83. The average molecular weight is 237 g/mol. The van der Waals surface area contributed by atoms with Crippen molar-refractivity contribution >= 4 is 11.5 Å². The molecule has 0 radical (unpaired) electrons. The summed E-state index contributed by atoms with van der Waals surface area (Å²) in [5.41, 5.74) is 0.711. The molecule has 0 spiro atoms. The van der Waals surface area contributed by atoms with Gasteiger partial charge in [-0.25, -0.2) is 4.98 Å². The molecule has 0 unspecified atom stereocenters. The van der Waals surface area contributed by atoms with Gasteiger partial charge < -0.3 is 5.32 Å². The van der Waals surface area contributed by atoms with Crippen molar-refractivity contribution in [1.29, 1.82) is 0 Å². The molecule has 5 heteroatoms. The zero-order valence-electron chi connectivity index (χ0n) is 10.4. The Morgan fingerprint density at radius 2 is 2.18 bits per heavy atom. The molecule has 0 aliphatic carbocycles. The molecule has 0 saturated carbocycles. The minimum Gasteiger partial charge on any atom is -0.370 e. The summed E-state index contributed by atoms with van der Waals surface area (Å²) in [6.45, 7) is 4.76. The Morgan fingerprint density at radius 3 is 2.76 bits per heavy atom. The summed E-state index contributed by atoms with van der Waals surface area (Å²) in [5, 5.41) is 13.8. The molecule has 1 aromatic rings. The maximum atomic E-state index is 10.6. The van der Waals surface area contributed by atoms with Gasteiger partial charge in [0.05, 0.1) is 4.92 Å². The number of aromatic nitrogens is 1.